The van der Waals surface area contributed by atoms with Gasteiger partial charge in [0, 0.05) is 37.9 Å². The Morgan fingerprint density at radius 2 is 1.60 bits per heavy atom. The molecule has 4 aromatic rings. The molecule has 2 aromatic carbocycles. The van der Waals surface area contributed by atoms with Crippen LogP contribution in [0.4, 0.5) is 5.82 Å². The molecule has 35 heavy (non-hydrogen) atoms. The molecule has 1 saturated heterocycles. The van der Waals surface area contributed by atoms with Crippen molar-refractivity contribution in [3.63, 3.8) is 0 Å². The Kier molecular flexibility index (Phi) is 6.16. The van der Waals surface area contributed by atoms with Crippen LogP contribution >= 0.6 is 0 Å². The number of rotatable bonds is 6. The van der Waals surface area contributed by atoms with Crippen molar-refractivity contribution in [2.75, 3.05) is 38.2 Å². The number of aromatic nitrogens is 4. The highest BCUT2D eigenvalue weighted by atomic mass is 32.2. The van der Waals surface area contributed by atoms with Gasteiger partial charge in [-0.15, -0.1) is 0 Å². The molecule has 0 radical (unpaired) electrons. The van der Waals surface area contributed by atoms with E-state index in [1.165, 1.54) is 6.33 Å². The summed E-state index contributed by atoms with van der Waals surface area (Å²) in [7, 11) is -1.93. The molecule has 1 aliphatic rings. The number of anilines is 1. The van der Waals surface area contributed by atoms with E-state index in [1.807, 2.05) is 36.4 Å². The third kappa shape index (κ3) is 4.35. The lowest BCUT2D eigenvalue weighted by Gasteiger charge is -2.36. The average molecular weight is 493 g/mol. The normalized spacial score (nSPS) is 15.1. The van der Waals surface area contributed by atoms with Gasteiger partial charge in [-0.25, -0.2) is 13.4 Å². The second-order valence-electron chi connectivity index (χ2n) is 8.81. The molecule has 0 amide bonds. The molecule has 3 heterocycles. The maximum absolute atomic E-state index is 13.3. The van der Waals surface area contributed by atoms with E-state index in [1.54, 1.807) is 34.3 Å². The lowest BCUT2D eigenvalue weighted by atomic mass is 10.0. The number of sulfonamides is 1. The summed E-state index contributed by atoms with van der Waals surface area (Å²) in [6.45, 7) is 5.96. The molecule has 10 heteroatoms. The van der Waals surface area contributed by atoms with Crippen LogP contribution in [0, 0.1) is 0 Å². The van der Waals surface area contributed by atoms with Crippen molar-refractivity contribution in [3.05, 3.63) is 66.6 Å². The maximum atomic E-state index is 13.3. The molecule has 0 aliphatic carbocycles. The van der Waals surface area contributed by atoms with Gasteiger partial charge in [-0.3, -0.25) is 0 Å². The molecule has 0 bridgehead atoms. The van der Waals surface area contributed by atoms with Crippen molar-refractivity contribution in [1.82, 2.24) is 23.9 Å². The van der Waals surface area contributed by atoms with E-state index in [4.69, 9.17) is 4.74 Å². The van der Waals surface area contributed by atoms with Gasteiger partial charge in [-0.05, 0) is 41.3 Å². The topological polar surface area (TPSA) is 92.9 Å². The number of hydrogen-bond acceptors (Lipinski definition) is 7. The van der Waals surface area contributed by atoms with E-state index in [9.17, 15) is 8.42 Å². The molecule has 0 N–H and O–H groups in total. The number of fused-ring (bicyclic) bond motifs is 1. The summed E-state index contributed by atoms with van der Waals surface area (Å²) in [4.78, 5) is 11.2. The van der Waals surface area contributed by atoms with Crippen LogP contribution in [0.15, 0.2) is 66.0 Å². The Morgan fingerprint density at radius 3 is 2.23 bits per heavy atom. The highest BCUT2D eigenvalue weighted by molar-refractivity contribution is 7.89. The summed E-state index contributed by atoms with van der Waals surface area (Å²) in [5, 5.41) is 4.40. The summed E-state index contributed by atoms with van der Waals surface area (Å²) < 4.78 is 35.1. The van der Waals surface area contributed by atoms with Crippen LogP contribution < -0.4 is 9.64 Å². The molecule has 0 spiro atoms. The Bertz CT molecular complexity index is 1420. The van der Waals surface area contributed by atoms with Crippen LogP contribution in [0.1, 0.15) is 25.3 Å². The van der Waals surface area contributed by atoms with E-state index in [0.29, 0.717) is 42.8 Å². The van der Waals surface area contributed by atoms with Crippen molar-refractivity contribution >= 4 is 21.6 Å². The van der Waals surface area contributed by atoms with Gasteiger partial charge in [0.25, 0.3) is 5.78 Å². The fraction of sp³-hybridized carbons (Fsp3) is 0.320. The fourth-order valence-corrected chi connectivity index (χ4v) is 5.78. The molecule has 9 nitrogen and oxygen atoms in total. The van der Waals surface area contributed by atoms with Gasteiger partial charge < -0.3 is 9.64 Å². The van der Waals surface area contributed by atoms with Crippen molar-refractivity contribution in [2.45, 2.75) is 24.7 Å². The van der Waals surface area contributed by atoms with Gasteiger partial charge in [0.2, 0.25) is 10.0 Å². The minimum absolute atomic E-state index is 0.330. The van der Waals surface area contributed by atoms with Gasteiger partial charge in [0.05, 0.1) is 12.0 Å². The number of hydrogen-bond donors (Lipinski definition) is 0. The predicted octanol–water partition coefficient (Wildman–Crippen LogP) is 3.43. The first-order chi connectivity index (χ1) is 16.9. The number of piperazine rings is 1. The first kappa shape index (κ1) is 23.3. The van der Waals surface area contributed by atoms with Crippen LogP contribution in [0.2, 0.25) is 0 Å². The molecule has 0 unspecified atom stereocenters. The quantitative estimate of drug-likeness (QED) is 0.407. The highest BCUT2D eigenvalue weighted by Crippen LogP contribution is 2.32. The van der Waals surface area contributed by atoms with Crippen molar-refractivity contribution in [3.8, 4) is 16.9 Å². The Hall–Kier alpha value is -3.50. The second-order valence-corrected chi connectivity index (χ2v) is 10.7. The SMILES string of the molecule is COc1ccc(-c2cnc3ncnn3c2N2CCN(S(=O)(=O)c3ccc(C(C)C)cc3)CC2)cc1. The lowest BCUT2D eigenvalue weighted by molar-refractivity contribution is 0.383. The van der Waals surface area contributed by atoms with Gasteiger partial charge in [-0.2, -0.15) is 18.9 Å². The monoisotopic (exact) mass is 492 g/mol. The van der Waals surface area contributed by atoms with Crippen LogP contribution in [-0.4, -0.2) is 65.6 Å². The van der Waals surface area contributed by atoms with Crippen LogP contribution in [0.3, 0.4) is 0 Å². The van der Waals surface area contributed by atoms with Crippen molar-refractivity contribution < 1.29 is 13.2 Å². The third-order valence-electron chi connectivity index (χ3n) is 6.40. The summed E-state index contributed by atoms with van der Waals surface area (Å²) >= 11 is 0. The van der Waals surface area contributed by atoms with Crippen molar-refractivity contribution in [2.24, 2.45) is 0 Å². The lowest BCUT2D eigenvalue weighted by Crippen LogP contribution is -2.49. The number of nitrogens with zero attached hydrogens (tertiary/aromatic N) is 6. The Morgan fingerprint density at radius 1 is 0.914 bits per heavy atom. The summed E-state index contributed by atoms with van der Waals surface area (Å²) in [5.41, 5.74) is 2.98. The van der Waals surface area contributed by atoms with E-state index in [-0.39, 0.29) is 0 Å². The number of methoxy groups -OCH3 is 1. The predicted molar refractivity (Wildman–Crippen MR) is 134 cm³/mol. The smallest absolute Gasteiger partial charge is 0.254 e. The molecular formula is C25H28N6O3S. The van der Waals surface area contributed by atoms with Gasteiger partial charge >= 0.3 is 0 Å². The molecule has 0 atom stereocenters. The minimum atomic E-state index is -3.57. The van der Waals surface area contributed by atoms with Gasteiger partial charge in [0.1, 0.15) is 17.9 Å². The zero-order chi connectivity index (χ0) is 24.6. The van der Waals surface area contributed by atoms with E-state index in [0.717, 1.165) is 28.3 Å². The molecular weight excluding hydrogens is 464 g/mol. The van der Waals surface area contributed by atoms with Gasteiger partial charge in [-0.1, -0.05) is 38.1 Å². The first-order valence-corrected chi connectivity index (χ1v) is 13.0. The van der Waals surface area contributed by atoms with E-state index < -0.39 is 10.0 Å². The maximum Gasteiger partial charge on any atom is 0.254 e. The zero-order valence-corrected chi connectivity index (χ0v) is 20.8. The molecule has 1 fully saturated rings. The third-order valence-corrected chi connectivity index (χ3v) is 8.32. The van der Waals surface area contributed by atoms with E-state index in [2.05, 4.69) is 33.8 Å². The van der Waals surface area contributed by atoms with Crippen LogP contribution in [0.25, 0.3) is 16.9 Å². The molecule has 1 aliphatic heterocycles. The zero-order valence-electron chi connectivity index (χ0n) is 20.0. The first-order valence-electron chi connectivity index (χ1n) is 11.6. The van der Waals surface area contributed by atoms with Crippen molar-refractivity contribution in [1.29, 1.82) is 0 Å². The molecule has 5 rings (SSSR count). The average Bonchev–Trinajstić information content (AvgIpc) is 3.37. The molecule has 0 saturated carbocycles. The highest BCUT2D eigenvalue weighted by Gasteiger charge is 2.30. The largest absolute Gasteiger partial charge is 0.497 e. The standard InChI is InChI=1S/C25H28N6O3S/c1-18(2)19-6-10-22(11-7-19)35(32,33)30-14-12-29(13-15-30)24-23(16-26-25-27-17-28-31(24)25)20-4-8-21(34-3)9-5-20/h4-11,16-18H,12-15H2,1-3H3. The van der Waals surface area contributed by atoms with E-state index >= 15 is 0 Å². The summed E-state index contributed by atoms with van der Waals surface area (Å²) in [6.07, 6.45) is 3.27. The second kappa shape index (κ2) is 9.27. The summed E-state index contributed by atoms with van der Waals surface area (Å²) in [5.74, 6) is 2.46. The Balaban J connectivity index is 1.42. The summed E-state index contributed by atoms with van der Waals surface area (Å²) in [6, 6.07) is 15.0. The minimum Gasteiger partial charge on any atom is -0.497 e. The number of ether oxygens (including phenoxy) is 1. The van der Waals surface area contributed by atoms with Crippen LogP contribution in [-0.2, 0) is 10.0 Å². The van der Waals surface area contributed by atoms with Gasteiger partial charge in [0.15, 0.2) is 0 Å². The van der Waals surface area contributed by atoms with Crippen LogP contribution in [0.5, 0.6) is 5.75 Å². The molecule has 182 valence electrons. The number of benzene rings is 2. The Labute approximate surface area is 205 Å². The molecule has 2 aromatic heterocycles. The fourth-order valence-electron chi connectivity index (χ4n) is 4.36.